The molecule has 0 bridgehead atoms. The van der Waals surface area contributed by atoms with Gasteiger partial charge in [-0.3, -0.25) is 0 Å². The first kappa shape index (κ1) is 23.0. The van der Waals surface area contributed by atoms with Crippen LogP contribution < -0.4 is 21.2 Å². The van der Waals surface area contributed by atoms with Crippen LogP contribution in [0.25, 0.3) is 0 Å². The van der Waals surface area contributed by atoms with Crippen molar-refractivity contribution in [1.29, 1.82) is 0 Å². The van der Waals surface area contributed by atoms with E-state index >= 15 is 0 Å². The molecular weight excluding hydrogens is 390 g/mol. The summed E-state index contributed by atoms with van der Waals surface area (Å²) in [6.45, 7) is 1.93. The van der Waals surface area contributed by atoms with Crippen molar-refractivity contribution >= 4 is 38.4 Å². The van der Waals surface area contributed by atoms with E-state index in [4.69, 9.17) is 5.11 Å². The van der Waals surface area contributed by atoms with E-state index in [1.54, 1.807) is 6.92 Å². The SMILES string of the molecule is CCO.c1ccc(Pc2ccccc2)cc1.c1ccc(Pc2ccccc2)cc1. The molecule has 0 saturated heterocycles. The molecule has 4 rings (SSSR count). The Balaban J connectivity index is 0.000000183. The minimum Gasteiger partial charge on any atom is -0.397 e. The molecule has 3 heteroatoms. The topological polar surface area (TPSA) is 20.2 Å². The van der Waals surface area contributed by atoms with E-state index in [2.05, 4.69) is 121 Å². The maximum Gasteiger partial charge on any atom is 0.0402 e. The molecule has 4 aromatic rings. The van der Waals surface area contributed by atoms with Gasteiger partial charge in [0.1, 0.15) is 0 Å². The quantitative estimate of drug-likeness (QED) is 0.479. The highest BCUT2D eigenvalue weighted by Gasteiger charge is 1.93. The fourth-order valence-corrected chi connectivity index (χ4v) is 4.52. The van der Waals surface area contributed by atoms with Gasteiger partial charge in [-0.15, -0.1) is 0 Å². The van der Waals surface area contributed by atoms with Crippen LogP contribution in [0.5, 0.6) is 0 Å². The summed E-state index contributed by atoms with van der Waals surface area (Å²) >= 11 is 0. The zero-order chi connectivity index (χ0) is 20.6. The molecule has 29 heavy (non-hydrogen) atoms. The van der Waals surface area contributed by atoms with Crippen LogP contribution in [0, 0.1) is 0 Å². The second-order valence-corrected chi connectivity index (χ2v) is 8.84. The molecule has 0 aliphatic heterocycles. The number of aliphatic hydroxyl groups is 1. The predicted molar refractivity (Wildman–Crippen MR) is 134 cm³/mol. The molecular formula is C26H28OP2. The normalized spacial score (nSPS) is 9.45. The van der Waals surface area contributed by atoms with Gasteiger partial charge in [-0.1, -0.05) is 138 Å². The maximum atomic E-state index is 7.57. The van der Waals surface area contributed by atoms with E-state index in [-0.39, 0.29) is 6.61 Å². The number of benzene rings is 4. The van der Waals surface area contributed by atoms with Crippen molar-refractivity contribution in [2.45, 2.75) is 6.92 Å². The summed E-state index contributed by atoms with van der Waals surface area (Å²) in [7, 11) is 1.55. The third kappa shape index (κ3) is 10.2. The molecule has 0 aliphatic carbocycles. The number of aliphatic hydroxyl groups excluding tert-OH is 1. The summed E-state index contributed by atoms with van der Waals surface area (Å²) < 4.78 is 0. The van der Waals surface area contributed by atoms with E-state index in [0.29, 0.717) is 0 Å². The maximum absolute atomic E-state index is 7.57. The molecule has 0 saturated carbocycles. The largest absolute Gasteiger partial charge is 0.397 e. The molecule has 0 heterocycles. The smallest absolute Gasteiger partial charge is 0.0402 e. The van der Waals surface area contributed by atoms with Crippen molar-refractivity contribution in [3.05, 3.63) is 121 Å². The second kappa shape index (κ2) is 14.7. The van der Waals surface area contributed by atoms with Crippen LogP contribution in [0.4, 0.5) is 0 Å². The fourth-order valence-electron chi connectivity index (χ4n) is 2.42. The molecule has 0 amide bonds. The van der Waals surface area contributed by atoms with Gasteiger partial charge >= 0.3 is 0 Å². The van der Waals surface area contributed by atoms with Crippen molar-refractivity contribution in [3.8, 4) is 0 Å². The van der Waals surface area contributed by atoms with Crippen LogP contribution in [0.3, 0.4) is 0 Å². The molecule has 0 atom stereocenters. The summed E-state index contributed by atoms with van der Waals surface area (Å²) in [6.07, 6.45) is 0. The van der Waals surface area contributed by atoms with Gasteiger partial charge in [0.2, 0.25) is 0 Å². The van der Waals surface area contributed by atoms with E-state index in [9.17, 15) is 0 Å². The van der Waals surface area contributed by atoms with Crippen molar-refractivity contribution in [2.24, 2.45) is 0 Å². The minimum atomic E-state index is 0.250. The lowest BCUT2D eigenvalue weighted by Gasteiger charge is -2.00. The van der Waals surface area contributed by atoms with Crippen molar-refractivity contribution in [3.63, 3.8) is 0 Å². The number of hydrogen-bond donors (Lipinski definition) is 1. The standard InChI is InChI=1S/2C12H11P.C2H6O/c2*1-3-7-11(8-4-1)13-12-9-5-2-6-10-12;1-2-3/h2*1-10,13H;3H,2H2,1H3. The molecule has 0 spiro atoms. The zero-order valence-corrected chi connectivity index (χ0v) is 18.7. The zero-order valence-electron chi connectivity index (χ0n) is 16.7. The summed E-state index contributed by atoms with van der Waals surface area (Å²) in [4.78, 5) is 0. The highest BCUT2D eigenvalue weighted by atomic mass is 31.1. The minimum absolute atomic E-state index is 0.250. The van der Waals surface area contributed by atoms with Gasteiger partial charge in [0.15, 0.2) is 0 Å². The first-order chi connectivity index (χ1) is 14.3. The van der Waals surface area contributed by atoms with Crippen molar-refractivity contribution in [2.75, 3.05) is 6.61 Å². The Morgan fingerprint density at radius 1 is 0.448 bits per heavy atom. The first-order valence-corrected chi connectivity index (χ1v) is 11.7. The Kier molecular flexibility index (Phi) is 11.6. The lowest BCUT2D eigenvalue weighted by Crippen LogP contribution is -2.01. The fraction of sp³-hybridized carbons (Fsp3) is 0.0769. The van der Waals surface area contributed by atoms with Crippen LogP contribution >= 0.6 is 17.2 Å². The molecule has 4 aromatic carbocycles. The third-order valence-corrected chi connectivity index (χ3v) is 6.16. The van der Waals surface area contributed by atoms with Gasteiger partial charge in [0, 0.05) is 6.61 Å². The summed E-state index contributed by atoms with van der Waals surface area (Å²) in [5, 5.41) is 13.2. The van der Waals surface area contributed by atoms with Gasteiger partial charge < -0.3 is 5.11 Å². The average Bonchev–Trinajstić information content (AvgIpc) is 2.78. The van der Waals surface area contributed by atoms with Crippen LogP contribution in [-0.4, -0.2) is 11.7 Å². The molecule has 1 N–H and O–H groups in total. The van der Waals surface area contributed by atoms with Gasteiger partial charge in [0.05, 0.1) is 0 Å². The Labute approximate surface area is 178 Å². The van der Waals surface area contributed by atoms with E-state index in [1.807, 2.05) is 0 Å². The van der Waals surface area contributed by atoms with Crippen LogP contribution in [0.15, 0.2) is 121 Å². The van der Waals surface area contributed by atoms with Gasteiger partial charge in [-0.05, 0) is 28.1 Å². The van der Waals surface area contributed by atoms with E-state index in [0.717, 1.165) is 17.2 Å². The van der Waals surface area contributed by atoms with Crippen LogP contribution in [0.1, 0.15) is 6.92 Å². The Bertz CT molecular complexity index is 731. The first-order valence-electron chi connectivity index (χ1n) is 9.67. The van der Waals surface area contributed by atoms with Crippen LogP contribution in [-0.2, 0) is 0 Å². The monoisotopic (exact) mass is 418 g/mol. The Morgan fingerprint density at radius 3 is 0.793 bits per heavy atom. The summed E-state index contributed by atoms with van der Waals surface area (Å²) in [5.74, 6) is 0. The highest BCUT2D eigenvalue weighted by molar-refractivity contribution is 7.55. The molecule has 0 aromatic heterocycles. The predicted octanol–water partition coefficient (Wildman–Crippen LogP) is 4.63. The number of hydrogen-bond acceptors (Lipinski definition) is 1. The lowest BCUT2D eigenvalue weighted by molar-refractivity contribution is 0.318. The van der Waals surface area contributed by atoms with Gasteiger partial charge in [0.25, 0.3) is 0 Å². The van der Waals surface area contributed by atoms with Crippen LogP contribution in [0.2, 0.25) is 0 Å². The van der Waals surface area contributed by atoms with Crippen molar-refractivity contribution in [1.82, 2.24) is 0 Å². The number of rotatable bonds is 4. The molecule has 0 aliphatic rings. The average molecular weight is 418 g/mol. The van der Waals surface area contributed by atoms with Gasteiger partial charge in [-0.2, -0.15) is 0 Å². The molecule has 148 valence electrons. The molecule has 1 nitrogen and oxygen atoms in total. The third-order valence-electron chi connectivity index (χ3n) is 3.67. The molecule has 0 fully saturated rings. The Hall–Kier alpha value is -2.30. The molecule has 0 unspecified atom stereocenters. The van der Waals surface area contributed by atoms with E-state index < -0.39 is 0 Å². The van der Waals surface area contributed by atoms with Gasteiger partial charge in [-0.25, -0.2) is 0 Å². The highest BCUT2D eigenvalue weighted by Crippen LogP contribution is 2.09. The summed E-state index contributed by atoms with van der Waals surface area (Å²) in [6, 6.07) is 42.3. The molecule has 0 radical (unpaired) electrons. The van der Waals surface area contributed by atoms with Crippen molar-refractivity contribution < 1.29 is 5.11 Å². The summed E-state index contributed by atoms with van der Waals surface area (Å²) in [5.41, 5.74) is 0. The van der Waals surface area contributed by atoms with E-state index in [1.165, 1.54) is 21.2 Å². The second-order valence-electron chi connectivity index (χ2n) is 6.03. The Morgan fingerprint density at radius 2 is 0.621 bits per heavy atom. The lowest BCUT2D eigenvalue weighted by atomic mass is 10.4.